The second kappa shape index (κ2) is 6.51. The Bertz CT molecular complexity index is 646. The van der Waals surface area contributed by atoms with Crippen LogP contribution in [0.25, 0.3) is 0 Å². The number of hydrogen-bond donors (Lipinski definition) is 1. The van der Waals surface area contributed by atoms with Crippen LogP contribution >= 0.6 is 11.6 Å². The third kappa shape index (κ3) is 3.68. The predicted molar refractivity (Wildman–Crippen MR) is 79.6 cm³/mol. The maximum atomic E-state index is 10.8. The van der Waals surface area contributed by atoms with Crippen LogP contribution in [0.3, 0.4) is 0 Å². The Morgan fingerprint density at radius 3 is 2.76 bits per heavy atom. The van der Waals surface area contributed by atoms with E-state index in [2.05, 4.69) is 4.98 Å². The highest BCUT2D eigenvalue weighted by atomic mass is 35.5. The average molecular weight is 308 g/mol. The minimum Gasteiger partial charge on any atom is -0.454 e. The van der Waals surface area contributed by atoms with Crippen LogP contribution in [0.2, 0.25) is 5.02 Å². The van der Waals surface area contributed by atoms with Gasteiger partial charge >= 0.3 is 0 Å². The van der Waals surface area contributed by atoms with Crippen molar-refractivity contribution in [1.82, 2.24) is 4.98 Å². The van der Waals surface area contributed by atoms with E-state index in [1.54, 1.807) is 12.1 Å². The lowest BCUT2D eigenvalue weighted by atomic mass is 10.1. The fourth-order valence-electron chi connectivity index (χ4n) is 1.69. The van der Waals surface area contributed by atoms with E-state index in [1.807, 2.05) is 6.92 Å². The van der Waals surface area contributed by atoms with Crippen LogP contribution in [-0.2, 0) is 0 Å². The van der Waals surface area contributed by atoms with E-state index >= 15 is 0 Å². The summed E-state index contributed by atoms with van der Waals surface area (Å²) in [6.45, 7) is 1.97. The summed E-state index contributed by atoms with van der Waals surface area (Å²) in [6, 6.07) is 7.34. The molecule has 1 aromatic carbocycles. The van der Waals surface area contributed by atoms with Crippen LogP contribution in [0, 0.1) is 10.1 Å². The molecular weight excluding hydrogens is 294 g/mol. The number of hydrogen-bond acceptors (Lipinski definition) is 5. The summed E-state index contributed by atoms with van der Waals surface area (Å²) in [6.07, 6.45) is 2.30. The van der Waals surface area contributed by atoms with Crippen LogP contribution in [0.1, 0.15) is 25.1 Å². The summed E-state index contributed by atoms with van der Waals surface area (Å²) >= 11 is 5.97. The molecule has 1 atom stereocenters. The number of nitro groups is 1. The van der Waals surface area contributed by atoms with Crippen molar-refractivity contribution in [3.63, 3.8) is 0 Å². The smallest absolute Gasteiger partial charge is 0.273 e. The summed E-state index contributed by atoms with van der Waals surface area (Å²) in [5, 5.41) is 11.0. The maximum absolute atomic E-state index is 10.8. The normalized spacial score (nSPS) is 12.0. The zero-order valence-electron chi connectivity index (χ0n) is 11.3. The molecule has 0 unspecified atom stereocenters. The number of benzene rings is 1. The van der Waals surface area contributed by atoms with Gasteiger partial charge in [0.15, 0.2) is 5.75 Å². The molecule has 0 aliphatic rings. The second-order valence-electron chi connectivity index (χ2n) is 4.41. The van der Waals surface area contributed by atoms with Gasteiger partial charge in [0.25, 0.3) is 5.69 Å². The van der Waals surface area contributed by atoms with Crippen LogP contribution in [0.4, 0.5) is 5.69 Å². The highest BCUT2D eigenvalue weighted by Crippen LogP contribution is 2.32. The van der Waals surface area contributed by atoms with Crippen LogP contribution in [0.5, 0.6) is 11.5 Å². The molecular formula is C14H14ClN3O3. The van der Waals surface area contributed by atoms with Gasteiger partial charge in [-0.3, -0.25) is 15.1 Å². The third-order valence-electron chi connectivity index (χ3n) is 2.93. The standard InChI is InChI=1S/C14H14ClN3O3/c1-2-12(16)13-6-4-10(8-17-13)21-14-7-9(18(19)20)3-5-11(14)15/h3-8,12H,2,16H2,1H3/t12-/m0/s1. The van der Waals surface area contributed by atoms with Crippen molar-refractivity contribution in [3.8, 4) is 11.5 Å². The molecule has 0 saturated heterocycles. The van der Waals surface area contributed by atoms with E-state index in [0.29, 0.717) is 5.75 Å². The SMILES string of the molecule is CC[C@H](N)c1ccc(Oc2cc([N+](=O)[O-])ccc2Cl)cn1. The van der Waals surface area contributed by atoms with E-state index in [-0.39, 0.29) is 22.5 Å². The number of nitrogens with zero attached hydrogens (tertiary/aromatic N) is 2. The van der Waals surface area contributed by atoms with Crippen molar-refractivity contribution < 1.29 is 9.66 Å². The summed E-state index contributed by atoms with van der Waals surface area (Å²) in [7, 11) is 0. The van der Waals surface area contributed by atoms with Crippen molar-refractivity contribution in [1.29, 1.82) is 0 Å². The van der Waals surface area contributed by atoms with Gasteiger partial charge in [-0.1, -0.05) is 18.5 Å². The molecule has 2 aromatic rings. The maximum Gasteiger partial charge on any atom is 0.273 e. The Morgan fingerprint density at radius 2 is 2.19 bits per heavy atom. The summed E-state index contributed by atoms with van der Waals surface area (Å²) in [5.74, 6) is 0.643. The van der Waals surface area contributed by atoms with Gasteiger partial charge in [0.1, 0.15) is 5.75 Å². The summed E-state index contributed by atoms with van der Waals surface area (Å²) in [5.41, 5.74) is 6.54. The van der Waals surface area contributed by atoms with Gasteiger partial charge in [0, 0.05) is 12.1 Å². The highest BCUT2D eigenvalue weighted by molar-refractivity contribution is 6.32. The molecule has 0 fully saturated rings. The Balaban J connectivity index is 2.22. The Morgan fingerprint density at radius 1 is 1.43 bits per heavy atom. The lowest BCUT2D eigenvalue weighted by molar-refractivity contribution is -0.384. The van der Waals surface area contributed by atoms with Crippen molar-refractivity contribution in [2.45, 2.75) is 19.4 Å². The zero-order valence-corrected chi connectivity index (χ0v) is 12.1. The first kappa shape index (κ1) is 15.2. The summed E-state index contributed by atoms with van der Waals surface area (Å²) in [4.78, 5) is 14.4. The topological polar surface area (TPSA) is 91.3 Å². The highest BCUT2D eigenvalue weighted by Gasteiger charge is 2.12. The van der Waals surface area contributed by atoms with Crippen molar-refractivity contribution in [2.24, 2.45) is 5.73 Å². The van der Waals surface area contributed by atoms with E-state index in [4.69, 9.17) is 22.1 Å². The number of halogens is 1. The molecule has 0 radical (unpaired) electrons. The number of aromatic nitrogens is 1. The molecule has 1 heterocycles. The third-order valence-corrected chi connectivity index (χ3v) is 3.24. The summed E-state index contributed by atoms with van der Waals surface area (Å²) < 4.78 is 5.53. The lowest BCUT2D eigenvalue weighted by Gasteiger charge is -2.10. The first-order valence-electron chi connectivity index (χ1n) is 6.34. The minimum absolute atomic E-state index is 0.0908. The van der Waals surface area contributed by atoms with E-state index in [9.17, 15) is 10.1 Å². The molecule has 0 aliphatic carbocycles. The minimum atomic E-state index is -0.509. The van der Waals surface area contributed by atoms with Crippen molar-refractivity contribution in [3.05, 3.63) is 57.4 Å². The van der Waals surface area contributed by atoms with Gasteiger partial charge in [0.2, 0.25) is 0 Å². The molecule has 0 bridgehead atoms. The van der Waals surface area contributed by atoms with Crippen molar-refractivity contribution >= 4 is 17.3 Å². The fourth-order valence-corrected chi connectivity index (χ4v) is 1.85. The molecule has 7 heteroatoms. The largest absolute Gasteiger partial charge is 0.454 e. The van der Waals surface area contributed by atoms with Gasteiger partial charge in [-0.05, 0) is 24.6 Å². The van der Waals surface area contributed by atoms with E-state index in [0.717, 1.165) is 12.1 Å². The van der Waals surface area contributed by atoms with Gasteiger partial charge in [-0.2, -0.15) is 0 Å². The van der Waals surface area contributed by atoms with Crippen molar-refractivity contribution in [2.75, 3.05) is 0 Å². The monoisotopic (exact) mass is 307 g/mol. The number of non-ortho nitro benzene ring substituents is 1. The van der Waals surface area contributed by atoms with Gasteiger partial charge in [-0.25, -0.2) is 0 Å². The molecule has 1 aromatic heterocycles. The number of nitro benzene ring substituents is 1. The van der Waals surface area contributed by atoms with E-state index < -0.39 is 4.92 Å². The van der Waals surface area contributed by atoms with Crippen LogP contribution in [-0.4, -0.2) is 9.91 Å². The second-order valence-corrected chi connectivity index (χ2v) is 4.81. The van der Waals surface area contributed by atoms with Crippen LogP contribution < -0.4 is 10.5 Å². The lowest BCUT2D eigenvalue weighted by Crippen LogP contribution is -2.10. The number of rotatable bonds is 5. The molecule has 6 nitrogen and oxygen atoms in total. The molecule has 0 spiro atoms. The first-order chi connectivity index (χ1) is 10.0. The Labute approximate surface area is 126 Å². The quantitative estimate of drug-likeness (QED) is 0.669. The molecule has 0 amide bonds. The Kier molecular flexibility index (Phi) is 4.72. The zero-order chi connectivity index (χ0) is 15.4. The molecule has 0 saturated carbocycles. The first-order valence-corrected chi connectivity index (χ1v) is 6.72. The van der Waals surface area contributed by atoms with Gasteiger partial charge < -0.3 is 10.5 Å². The fraction of sp³-hybridized carbons (Fsp3) is 0.214. The molecule has 2 rings (SSSR count). The number of pyridine rings is 1. The Hall–Kier alpha value is -2.18. The molecule has 2 N–H and O–H groups in total. The molecule has 21 heavy (non-hydrogen) atoms. The van der Waals surface area contributed by atoms with E-state index in [1.165, 1.54) is 24.4 Å². The average Bonchev–Trinajstić information content (AvgIpc) is 2.49. The molecule has 110 valence electrons. The predicted octanol–water partition coefficient (Wildman–Crippen LogP) is 3.85. The van der Waals surface area contributed by atoms with Gasteiger partial charge in [0.05, 0.1) is 27.9 Å². The number of ether oxygens (including phenoxy) is 1. The van der Waals surface area contributed by atoms with Gasteiger partial charge in [-0.15, -0.1) is 0 Å². The molecule has 0 aliphatic heterocycles. The van der Waals surface area contributed by atoms with Crippen LogP contribution in [0.15, 0.2) is 36.5 Å². The number of nitrogens with two attached hydrogens (primary N) is 1.